The molecule has 0 bridgehead atoms. The van der Waals surface area contributed by atoms with E-state index in [9.17, 15) is 9.59 Å². The van der Waals surface area contributed by atoms with E-state index in [4.69, 9.17) is 5.11 Å². The zero-order valence-corrected chi connectivity index (χ0v) is 13.7. The lowest BCUT2D eigenvalue weighted by Crippen LogP contribution is -2.42. The molecule has 1 rings (SSSR count). The summed E-state index contributed by atoms with van der Waals surface area (Å²) in [6.45, 7) is 2.89. The summed E-state index contributed by atoms with van der Waals surface area (Å²) in [6, 6.07) is 5.63. The highest BCUT2D eigenvalue weighted by Crippen LogP contribution is 2.09. The molecule has 0 saturated heterocycles. The third-order valence-corrected chi connectivity index (χ3v) is 3.44. The van der Waals surface area contributed by atoms with Crippen molar-refractivity contribution in [3.05, 3.63) is 29.8 Å². The highest BCUT2D eigenvalue weighted by molar-refractivity contribution is 5.94. The molecule has 4 N–H and O–H groups in total. The lowest BCUT2D eigenvalue weighted by atomic mass is 10.1. The van der Waals surface area contributed by atoms with Crippen LogP contribution in [0.3, 0.4) is 0 Å². The second kappa shape index (κ2) is 11.3. The number of unbranched alkanes of at least 4 members (excludes halogenated alkanes) is 5. The third-order valence-electron chi connectivity index (χ3n) is 3.44. The Morgan fingerprint density at radius 2 is 1.57 bits per heavy atom. The van der Waals surface area contributed by atoms with E-state index in [-0.39, 0.29) is 24.4 Å². The van der Waals surface area contributed by atoms with Crippen LogP contribution in [0.25, 0.3) is 0 Å². The summed E-state index contributed by atoms with van der Waals surface area (Å²) < 4.78 is 0. The van der Waals surface area contributed by atoms with Gasteiger partial charge >= 0.3 is 6.03 Å². The first-order chi connectivity index (χ1) is 11.1. The average Bonchev–Trinajstić information content (AvgIpc) is 2.54. The molecule has 23 heavy (non-hydrogen) atoms. The van der Waals surface area contributed by atoms with Crippen molar-refractivity contribution < 1.29 is 14.7 Å². The van der Waals surface area contributed by atoms with Crippen LogP contribution in [0.1, 0.15) is 55.8 Å². The number of amides is 3. The SMILES string of the molecule is CCCCCCCCNC(=O)NCNC(=O)c1ccc(O)cc1. The number of nitrogens with one attached hydrogen (secondary N) is 3. The van der Waals surface area contributed by atoms with E-state index >= 15 is 0 Å². The fourth-order valence-electron chi connectivity index (χ4n) is 2.09. The summed E-state index contributed by atoms with van der Waals surface area (Å²) in [5, 5.41) is 17.1. The number of urea groups is 1. The molecule has 0 unspecified atom stereocenters. The molecule has 0 aliphatic carbocycles. The van der Waals surface area contributed by atoms with Crippen molar-refractivity contribution in [1.82, 2.24) is 16.0 Å². The van der Waals surface area contributed by atoms with Crippen LogP contribution in [-0.2, 0) is 0 Å². The molecule has 128 valence electrons. The number of phenols is 1. The fourth-order valence-corrected chi connectivity index (χ4v) is 2.09. The van der Waals surface area contributed by atoms with Crippen molar-refractivity contribution >= 4 is 11.9 Å². The Kier molecular flexibility index (Phi) is 9.28. The van der Waals surface area contributed by atoms with Gasteiger partial charge in [0.05, 0.1) is 6.67 Å². The predicted octanol–water partition coefficient (Wildman–Crippen LogP) is 2.74. The minimum absolute atomic E-state index is 0.0576. The molecule has 0 spiro atoms. The fraction of sp³-hybridized carbons (Fsp3) is 0.529. The molecular formula is C17H27N3O3. The molecule has 0 atom stereocenters. The van der Waals surface area contributed by atoms with E-state index in [1.807, 2.05) is 0 Å². The van der Waals surface area contributed by atoms with Gasteiger partial charge in [0.1, 0.15) is 5.75 Å². The molecule has 3 amide bonds. The van der Waals surface area contributed by atoms with Crippen molar-refractivity contribution in [2.45, 2.75) is 45.4 Å². The first-order valence-electron chi connectivity index (χ1n) is 8.22. The van der Waals surface area contributed by atoms with Gasteiger partial charge in [-0.15, -0.1) is 0 Å². The first kappa shape index (κ1) is 18.8. The molecular weight excluding hydrogens is 294 g/mol. The van der Waals surface area contributed by atoms with Crippen LogP contribution in [0, 0.1) is 0 Å². The Morgan fingerprint density at radius 3 is 2.26 bits per heavy atom. The number of benzene rings is 1. The van der Waals surface area contributed by atoms with Gasteiger partial charge in [0.25, 0.3) is 5.91 Å². The zero-order valence-electron chi connectivity index (χ0n) is 13.7. The second-order valence-corrected chi connectivity index (χ2v) is 5.43. The maximum Gasteiger partial charge on any atom is 0.316 e. The molecule has 0 saturated carbocycles. The first-order valence-corrected chi connectivity index (χ1v) is 8.22. The van der Waals surface area contributed by atoms with Crippen molar-refractivity contribution in [2.24, 2.45) is 0 Å². The predicted molar refractivity (Wildman–Crippen MR) is 90.4 cm³/mol. The Labute approximate surface area is 137 Å². The molecule has 0 aliphatic heterocycles. The summed E-state index contributed by atoms with van der Waals surface area (Å²) in [4.78, 5) is 23.3. The highest BCUT2D eigenvalue weighted by atomic mass is 16.3. The molecule has 1 aromatic carbocycles. The van der Waals surface area contributed by atoms with Gasteiger partial charge in [0.2, 0.25) is 0 Å². The normalized spacial score (nSPS) is 10.1. The van der Waals surface area contributed by atoms with Crippen molar-refractivity contribution in [3.8, 4) is 5.75 Å². The molecule has 1 aromatic rings. The lowest BCUT2D eigenvalue weighted by Gasteiger charge is -2.09. The van der Waals surface area contributed by atoms with E-state index in [0.29, 0.717) is 12.1 Å². The molecule has 0 aliphatic rings. The Morgan fingerprint density at radius 1 is 0.913 bits per heavy atom. The van der Waals surface area contributed by atoms with Gasteiger partial charge in [0, 0.05) is 12.1 Å². The minimum Gasteiger partial charge on any atom is -0.508 e. The smallest absolute Gasteiger partial charge is 0.316 e. The van der Waals surface area contributed by atoms with E-state index in [2.05, 4.69) is 22.9 Å². The monoisotopic (exact) mass is 321 g/mol. The van der Waals surface area contributed by atoms with Crippen LogP contribution >= 0.6 is 0 Å². The summed E-state index contributed by atoms with van der Waals surface area (Å²) in [6.07, 6.45) is 7.06. The topological polar surface area (TPSA) is 90.5 Å². The maximum absolute atomic E-state index is 11.8. The Balaban J connectivity index is 2.05. The van der Waals surface area contributed by atoms with Gasteiger partial charge in [-0.25, -0.2) is 4.79 Å². The molecule has 0 fully saturated rings. The Bertz CT molecular complexity index is 474. The lowest BCUT2D eigenvalue weighted by molar-refractivity contribution is 0.0952. The van der Waals surface area contributed by atoms with E-state index in [0.717, 1.165) is 12.8 Å². The third kappa shape index (κ3) is 8.70. The van der Waals surface area contributed by atoms with Gasteiger partial charge in [-0.3, -0.25) is 4.79 Å². The van der Waals surface area contributed by atoms with Crippen molar-refractivity contribution in [2.75, 3.05) is 13.2 Å². The zero-order chi connectivity index (χ0) is 16.9. The summed E-state index contributed by atoms with van der Waals surface area (Å²) in [7, 11) is 0. The number of phenolic OH excluding ortho intramolecular Hbond substituents is 1. The van der Waals surface area contributed by atoms with Gasteiger partial charge in [-0.2, -0.15) is 0 Å². The number of hydrogen-bond donors (Lipinski definition) is 4. The van der Waals surface area contributed by atoms with Crippen molar-refractivity contribution in [3.63, 3.8) is 0 Å². The molecule has 0 radical (unpaired) electrons. The Hall–Kier alpha value is -2.24. The highest BCUT2D eigenvalue weighted by Gasteiger charge is 2.05. The standard InChI is InChI=1S/C17H27N3O3/c1-2-3-4-5-6-7-12-18-17(23)20-13-19-16(22)14-8-10-15(21)11-9-14/h8-11,21H,2-7,12-13H2,1H3,(H,19,22)(H2,18,20,23). The van der Waals surface area contributed by atoms with Crippen LogP contribution in [0.15, 0.2) is 24.3 Å². The van der Waals surface area contributed by atoms with Crippen LogP contribution < -0.4 is 16.0 Å². The van der Waals surface area contributed by atoms with Crippen LogP contribution in [-0.4, -0.2) is 30.3 Å². The summed E-state index contributed by atoms with van der Waals surface area (Å²) in [5.74, 6) is -0.199. The molecule has 0 aromatic heterocycles. The number of rotatable bonds is 10. The van der Waals surface area contributed by atoms with Crippen molar-refractivity contribution in [1.29, 1.82) is 0 Å². The van der Waals surface area contributed by atoms with Gasteiger partial charge in [-0.1, -0.05) is 39.0 Å². The van der Waals surface area contributed by atoms with Gasteiger partial charge in [-0.05, 0) is 30.7 Å². The van der Waals surface area contributed by atoms with Gasteiger partial charge < -0.3 is 21.1 Å². The molecule has 0 heterocycles. The number of carbonyl (C=O) groups excluding carboxylic acids is 2. The number of aromatic hydroxyl groups is 1. The maximum atomic E-state index is 11.8. The molecule has 6 nitrogen and oxygen atoms in total. The van der Waals surface area contributed by atoms with Crippen LogP contribution in [0.4, 0.5) is 4.79 Å². The van der Waals surface area contributed by atoms with E-state index < -0.39 is 0 Å². The van der Waals surface area contributed by atoms with Crippen LogP contribution in [0.5, 0.6) is 5.75 Å². The number of hydrogen-bond acceptors (Lipinski definition) is 3. The minimum atomic E-state index is -0.304. The van der Waals surface area contributed by atoms with Gasteiger partial charge in [0.15, 0.2) is 0 Å². The average molecular weight is 321 g/mol. The largest absolute Gasteiger partial charge is 0.508 e. The van der Waals surface area contributed by atoms with E-state index in [1.165, 1.54) is 49.9 Å². The second-order valence-electron chi connectivity index (χ2n) is 5.43. The van der Waals surface area contributed by atoms with E-state index in [1.54, 1.807) is 0 Å². The number of carbonyl (C=O) groups is 2. The summed E-state index contributed by atoms with van der Waals surface area (Å²) >= 11 is 0. The molecule has 6 heteroatoms. The van der Waals surface area contributed by atoms with Crippen LogP contribution in [0.2, 0.25) is 0 Å². The summed E-state index contributed by atoms with van der Waals surface area (Å²) in [5.41, 5.74) is 0.428. The quantitative estimate of drug-likeness (QED) is 0.394.